The standard InChI is InChI=1S/C17H15N2O2S.BrH/c1-21-14-6-4-13(5-7-14)15-8-9-19(12-18-15)11-16(20)17-3-2-10-22-17;/h2-10,12H,11H2,1H3;1H/q+1;. The van der Waals surface area contributed by atoms with E-state index in [0.29, 0.717) is 6.54 Å². The summed E-state index contributed by atoms with van der Waals surface area (Å²) in [6.07, 6.45) is 3.56. The van der Waals surface area contributed by atoms with Crippen LogP contribution < -0.4 is 9.30 Å². The van der Waals surface area contributed by atoms with Crippen LogP contribution in [-0.2, 0) is 6.54 Å². The molecule has 3 rings (SSSR count). The van der Waals surface area contributed by atoms with E-state index in [-0.39, 0.29) is 22.8 Å². The van der Waals surface area contributed by atoms with E-state index in [9.17, 15) is 4.79 Å². The molecule has 4 nitrogen and oxygen atoms in total. The molecule has 0 aliphatic carbocycles. The molecule has 0 radical (unpaired) electrons. The smallest absolute Gasteiger partial charge is 0.287 e. The van der Waals surface area contributed by atoms with E-state index in [2.05, 4.69) is 4.98 Å². The van der Waals surface area contributed by atoms with Crippen molar-refractivity contribution < 1.29 is 14.1 Å². The molecule has 0 amide bonds. The van der Waals surface area contributed by atoms with Crippen molar-refractivity contribution in [3.8, 4) is 17.0 Å². The molecule has 0 saturated carbocycles. The van der Waals surface area contributed by atoms with Gasteiger partial charge >= 0.3 is 0 Å². The van der Waals surface area contributed by atoms with Crippen LogP contribution in [0.5, 0.6) is 5.75 Å². The quantitative estimate of drug-likeness (QED) is 0.493. The van der Waals surface area contributed by atoms with Gasteiger partial charge in [-0.1, -0.05) is 6.07 Å². The van der Waals surface area contributed by atoms with Crippen molar-refractivity contribution in [1.82, 2.24) is 4.98 Å². The van der Waals surface area contributed by atoms with Gasteiger partial charge in [-0.15, -0.1) is 28.3 Å². The molecule has 0 fully saturated rings. The van der Waals surface area contributed by atoms with Crippen molar-refractivity contribution >= 4 is 34.1 Å². The maximum atomic E-state index is 12.0. The molecule has 0 aliphatic rings. The van der Waals surface area contributed by atoms with E-state index in [4.69, 9.17) is 4.74 Å². The van der Waals surface area contributed by atoms with Gasteiger partial charge in [0.1, 0.15) is 5.75 Å². The van der Waals surface area contributed by atoms with Crippen molar-refractivity contribution in [2.45, 2.75) is 6.54 Å². The van der Waals surface area contributed by atoms with Gasteiger partial charge in [-0.2, -0.15) is 0 Å². The summed E-state index contributed by atoms with van der Waals surface area (Å²) >= 11 is 1.46. The molecule has 2 aromatic heterocycles. The maximum Gasteiger partial charge on any atom is 0.287 e. The van der Waals surface area contributed by atoms with Crippen molar-refractivity contribution in [3.63, 3.8) is 0 Å². The number of aromatic nitrogens is 2. The number of halogens is 1. The number of carbonyl (C=O) groups is 1. The van der Waals surface area contributed by atoms with Crippen molar-refractivity contribution in [1.29, 1.82) is 0 Å². The van der Waals surface area contributed by atoms with Crippen LogP contribution in [0.25, 0.3) is 11.3 Å². The molecular formula is C17H16BrN2O2S+. The molecule has 1 aromatic carbocycles. The highest BCUT2D eigenvalue weighted by atomic mass is 79.9. The van der Waals surface area contributed by atoms with E-state index < -0.39 is 0 Å². The van der Waals surface area contributed by atoms with E-state index >= 15 is 0 Å². The number of ketones is 1. The average Bonchev–Trinajstić information content (AvgIpc) is 3.10. The summed E-state index contributed by atoms with van der Waals surface area (Å²) in [5, 5.41) is 1.91. The van der Waals surface area contributed by atoms with E-state index in [0.717, 1.165) is 21.9 Å². The highest BCUT2D eigenvalue weighted by molar-refractivity contribution is 8.93. The number of hydrogen-bond donors (Lipinski definition) is 0. The predicted molar refractivity (Wildman–Crippen MR) is 95.4 cm³/mol. The molecular weight excluding hydrogens is 376 g/mol. The van der Waals surface area contributed by atoms with Crippen molar-refractivity contribution in [3.05, 3.63) is 65.2 Å². The Hall–Kier alpha value is -2.05. The minimum atomic E-state index is 0. The van der Waals surface area contributed by atoms with E-state index in [1.54, 1.807) is 18.0 Å². The van der Waals surface area contributed by atoms with Gasteiger partial charge in [0.25, 0.3) is 6.33 Å². The van der Waals surface area contributed by atoms with Gasteiger partial charge in [-0.25, -0.2) is 4.57 Å². The lowest BCUT2D eigenvalue weighted by molar-refractivity contribution is -0.686. The van der Waals surface area contributed by atoms with Gasteiger partial charge in [0.2, 0.25) is 5.78 Å². The predicted octanol–water partition coefficient (Wildman–Crippen LogP) is 3.57. The molecule has 0 saturated heterocycles. The van der Waals surface area contributed by atoms with Gasteiger partial charge in [-0.3, -0.25) is 4.79 Å². The first-order valence-corrected chi connectivity index (χ1v) is 7.70. The number of nitrogens with zero attached hydrogens (tertiary/aromatic N) is 2. The van der Waals surface area contributed by atoms with Gasteiger partial charge < -0.3 is 4.74 Å². The van der Waals surface area contributed by atoms with Gasteiger partial charge in [0.15, 0.2) is 12.2 Å². The molecule has 3 aromatic rings. The van der Waals surface area contributed by atoms with E-state index in [1.165, 1.54) is 11.3 Å². The number of Topliss-reactive ketones (excluding diaryl/α,β-unsaturated/α-hetero) is 1. The molecule has 6 heteroatoms. The topological polar surface area (TPSA) is 43.1 Å². The molecule has 2 heterocycles. The summed E-state index contributed by atoms with van der Waals surface area (Å²) < 4.78 is 6.93. The Morgan fingerprint density at radius 2 is 2.00 bits per heavy atom. The van der Waals surface area contributed by atoms with Gasteiger partial charge in [-0.05, 0) is 40.7 Å². The van der Waals surface area contributed by atoms with Gasteiger partial charge in [0, 0.05) is 11.6 Å². The maximum absolute atomic E-state index is 12.0. The van der Waals surface area contributed by atoms with E-state index in [1.807, 2.05) is 54.0 Å². The first-order chi connectivity index (χ1) is 10.8. The van der Waals surface area contributed by atoms with Crippen LogP contribution in [-0.4, -0.2) is 17.9 Å². The molecule has 0 atom stereocenters. The number of thiophene rings is 1. The highest BCUT2D eigenvalue weighted by Gasteiger charge is 2.12. The summed E-state index contributed by atoms with van der Waals surface area (Å²) in [6, 6.07) is 13.4. The Morgan fingerprint density at radius 1 is 1.22 bits per heavy atom. The summed E-state index contributed by atoms with van der Waals surface area (Å²) in [4.78, 5) is 17.2. The molecule has 0 N–H and O–H groups in total. The zero-order valence-electron chi connectivity index (χ0n) is 12.5. The van der Waals surface area contributed by atoms with Crippen LogP contribution >= 0.6 is 28.3 Å². The second kappa shape index (κ2) is 7.99. The SMILES string of the molecule is Br.COc1ccc(-c2cc[n+](CC(=O)c3cccs3)cn2)cc1. The van der Waals surface area contributed by atoms with Crippen LogP contribution in [0.4, 0.5) is 0 Å². The Morgan fingerprint density at radius 3 is 2.57 bits per heavy atom. The third-order valence-corrected chi connectivity index (χ3v) is 4.19. The molecule has 0 spiro atoms. The minimum Gasteiger partial charge on any atom is -0.497 e. The Labute approximate surface area is 149 Å². The first-order valence-electron chi connectivity index (χ1n) is 6.82. The van der Waals surface area contributed by atoms with Crippen molar-refractivity contribution in [2.24, 2.45) is 0 Å². The zero-order chi connectivity index (χ0) is 15.4. The lowest BCUT2D eigenvalue weighted by atomic mass is 10.1. The lowest BCUT2D eigenvalue weighted by Crippen LogP contribution is -2.37. The highest BCUT2D eigenvalue weighted by Crippen LogP contribution is 2.19. The average molecular weight is 392 g/mol. The summed E-state index contributed by atoms with van der Waals surface area (Å²) in [7, 11) is 1.64. The number of methoxy groups -OCH3 is 1. The minimum absolute atomic E-state index is 0. The molecule has 0 unspecified atom stereocenters. The van der Waals surface area contributed by atoms with Crippen LogP contribution in [0.15, 0.2) is 60.4 Å². The second-order valence-corrected chi connectivity index (χ2v) is 5.69. The lowest BCUT2D eigenvalue weighted by Gasteiger charge is -2.01. The molecule has 0 bridgehead atoms. The third kappa shape index (κ3) is 4.24. The van der Waals surface area contributed by atoms with Gasteiger partial charge in [0.05, 0.1) is 18.2 Å². The number of rotatable bonds is 5. The van der Waals surface area contributed by atoms with Crippen LogP contribution in [0.2, 0.25) is 0 Å². The van der Waals surface area contributed by atoms with Crippen LogP contribution in [0, 0.1) is 0 Å². The van der Waals surface area contributed by atoms with Crippen LogP contribution in [0.1, 0.15) is 9.67 Å². The number of hydrogen-bond acceptors (Lipinski definition) is 4. The number of carbonyl (C=O) groups excluding carboxylic acids is 1. The fourth-order valence-corrected chi connectivity index (χ4v) is 2.75. The Balaban J connectivity index is 0.00000192. The van der Waals surface area contributed by atoms with Crippen molar-refractivity contribution in [2.75, 3.05) is 7.11 Å². The second-order valence-electron chi connectivity index (χ2n) is 4.75. The Kier molecular flexibility index (Phi) is 6.01. The summed E-state index contributed by atoms with van der Waals surface area (Å²) in [5.41, 5.74) is 1.88. The third-order valence-electron chi connectivity index (χ3n) is 3.28. The van der Waals surface area contributed by atoms with Crippen LogP contribution in [0.3, 0.4) is 0 Å². The molecule has 23 heavy (non-hydrogen) atoms. The largest absolute Gasteiger partial charge is 0.497 e. The molecule has 118 valence electrons. The monoisotopic (exact) mass is 391 g/mol. The Bertz CT molecular complexity index is 756. The first kappa shape index (κ1) is 17.3. The fourth-order valence-electron chi connectivity index (χ4n) is 2.09. The molecule has 0 aliphatic heterocycles. The number of benzene rings is 1. The number of ether oxygens (including phenoxy) is 1. The fraction of sp³-hybridized carbons (Fsp3) is 0.118. The zero-order valence-corrected chi connectivity index (χ0v) is 15.0. The normalized spacial score (nSPS) is 9.96. The summed E-state index contributed by atoms with van der Waals surface area (Å²) in [6.45, 7) is 0.302. The summed E-state index contributed by atoms with van der Waals surface area (Å²) in [5.74, 6) is 0.912.